The predicted octanol–water partition coefficient (Wildman–Crippen LogP) is 5.19. The first-order valence-electron chi connectivity index (χ1n) is 7.05. The molecule has 3 aromatic carbocycles. The van der Waals surface area contributed by atoms with Crippen molar-refractivity contribution < 1.29 is 5.11 Å². The fourth-order valence-corrected chi connectivity index (χ4v) is 3.29. The third-order valence-electron chi connectivity index (χ3n) is 3.69. The van der Waals surface area contributed by atoms with Gasteiger partial charge in [-0.25, -0.2) is 0 Å². The second-order valence-corrected chi connectivity index (χ2v) is 6.38. The van der Waals surface area contributed by atoms with Gasteiger partial charge in [0.05, 0.1) is 6.10 Å². The van der Waals surface area contributed by atoms with Crippen LogP contribution >= 0.6 is 15.9 Å². The van der Waals surface area contributed by atoms with Gasteiger partial charge in [0.25, 0.3) is 0 Å². The summed E-state index contributed by atoms with van der Waals surface area (Å²) in [6.07, 6.45) is 0.142. The van der Waals surface area contributed by atoms with E-state index in [1.807, 2.05) is 37.3 Å². The van der Waals surface area contributed by atoms with Crippen LogP contribution in [0.5, 0.6) is 0 Å². The lowest BCUT2D eigenvalue weighted by molar-refractivity contribution is 0.178. The molecule has 1 unspecified atom stereocenters. The predicted molar refractivity (Wildman–Crippen MR) is 91.5 cm³/mol. The third kappa shape index (κ3) is 3.34. The standard InChI is InChI=1S/C19H17BrO/c1-13-8-17(12-18(20)9-13)19(21)11-14-6-7-15-4-2-3-5-16(15)10-14/h2-10,12,19,21H,11H2,1H3. The van der Waals surface area contributed by atoms with Crippen molar-refractivity contribution in [3.8, 4) is 0 Å². The van der Waals surface area contributed by atoms with Gasteiger partial charge in [-0.15, -0.1) is 0 Å². The maximum absolute atomic E-state index is 10.5. The highest BCUT2D eigenvalue weighted by Crippen LogP contribution is 2.25. The number of aliphatic hydroxyl groups excluding tert-OH is 1. The van der Waals surface area contributed by atoms with Crippen LogP contribution in [0.15, 0.2) is 65.1 Å². The van der Waals surface area contributed by atoms with Gasteiger partial charge in [0.15, 0.2) is 0 Å². The Kier molecular flexibility index (Phi) is 4.09. The molecule has 0 saturated carbocycles. The molecular formula is C19H17BrO. The van der Waals surface area contributed by atoms with Gasteiger partial charge in [-0.1, -0.05) is 64.5 Å². The number of aliphatic hydroxyl groups is 1. The molecule has 0 aromatic heterocycles. The molecule has 3 rings (SSSR count). The first-order valence-corrected chi connectivity index (χ1v) is 7.84. The summed E-state index contributed by atoms with van der Waals surface area (Å²) in [5.74, 6) is 0. The molecule has 0 amide bonds. The first-order chi connectivity index (χ1) is 10.1. The van der Waals surface area contributed by atoms with E-state index < -0.39 is 6.10 Å². The van der Waals surface area contributed by atoms with Crippen molar-refractivity contribution in [1.82, 2.24) is 0 Å². The zero-order valence-corrected chi connectivity index (χ0v) is 13.5. The van der Waals surface area contributed by atoms with Crippen LogP contribution < -0.4 is 0 Å². The van der Waals surface area contributed by atoms with E-state index in [4.69, 9.17) is 0 Å². The SMILES string of the molecule is Cc1cc(Br)cc(C(O)Cc2ccc3ccccc3c2)c1. The maximum Gasteiger partial charge on any atom is 0.0830 e. The zero-order chi connectivity index (χ0) is 14.8. The lowest BCUT2D eigenvalue weighted by Gasteiger charge is -2.13. The zero-order valence-electron chi connectivity index (χ0n) is 11.9. The topological polar surface area (TPSA) is 20.2 Å². The smallest absolute Gasteiger partial charge is 0.0830 e. The van der Waals surface area contributed by atoms with Crippen molar-refractivity contribution in [3.63, 3.8) is 0 Å². The quantitative estimate of drug-likeness (QED) is 0.695. The summed E-state index contributed by atoms with van der Waals surface area (Å²) in [5, 5.41) is 12.9. The van der Waals surface area contributed by atoms with Crippen LogP contribution in [0.1, 0.15) is 22.8 Å². The Balaban J connectivity index is 1.86. The van der Waals surface area contributed by atoms with Crippen molar-refractivity contribution in [3.05, 3.63) is 81.8 Å². The van der Waals surface area contributed by atoms with E-state index in [1.165, 1.54) is 10.8 Å². The summed E-state index contributed by atoms with van der Waals surface area (Å²) >= 11 is 3.49. The minimum Gasteiger partial charge on any atom is -0.388 e. The van der Waals surface area contributed by atoms with Crippen LogP contribution in [-0.2, 0) is 6.42 Å². The van der Waals surface area contributed by atoms with Crippen LogP contribution in [0.2, 0.25) is 0 Å². The molecule has 1 atom stereocenters. The van der Waals surface area contributed by atoms with Crippen molar-refractivity contribution in [1.29, 1.82) is 0 Å². The highest BCUT2D eigenvalue weighted by Gasteiger charge is 2.10. The Morgan fingerprint density at radius 1 is 0.952 bits per heavy atom. The first kappa shape index (κ1) is 14.3. The lowest BCUT2D eigenvalue weighted by atomic mass is 9.98. The van der Waals surface area contributed by atoms with E-state index in [0.29, 0.717) is 6.42 Å². The van der Waals surface area contributed by atoms with Gasteiger partial charge in [-0.05, 0) is 46.5 Å². The van der Waals surface area contributed by atoms with Gasteiger partial charge in [0.2, 0.25) is 0 Å². The second-order valence-electron chi connectivity index (χ2n) is 5.46. The Labute approximate surface area is 133 Å². The molecule has 0 aliphatic rings. The number of hydrogen-bond donors (Lipinski definition) is 1. The minimum atomic E-state index is -0.484. The van der Waals surface area contributed by atoms with E-state index in [9.17, 15) is 5.11 Å². The summed E-state index contributed by atoms with van der Waals surface area (Å²) in [7, 11) is 0. The van der Waals surface area contributed by atoms with Crippen LogP contribution in [0, 0.1) is 6.92 Å². The van der Waals surface area contributed by atoms with Crippen LogP contribution in [0.3, 0.4) is 0 Å². The van der Waals surface area contributed by atoms with E-state index >= 15 is 0 Å². The molecule has 1 nitrogen and oxygen atoms in total. The van der Waals surface area contributed by atoms with Gasteiger partial charge >= 0.3 is 0 Å². The Bertz CT molecular complexity index is 759. The Morgan fingerprint density at radius 2 is 1.71 bits per heavy atom. The molecule has 21 heavy (non-hydrogen) atoms. The maximum atomic E-state index is 10.5. The number of halogens is 1. The fourth-order valence-electron chi connectivity index (χ4n) is 2.66. The number of benzene rings is 3. The van der Waals surface area contributed by atoms with Gasteiger partial charge < -0.3 is 5.11 Å². The molecule has 1 N–H and O–H groups in total. The van der Waals surface area contributed by atoms with Gasteiger partial charge in [0.1, 0.15) is 0 Å². The van der Waals surface area contributed by atoms with Gasteiger partial charge in [-0.2, -0.15) is 0 Å². The van der Waals surface area contributed by atoms with Gasteiger partial charge in [0, 0.05) is 10.9 Å². The van der Waals surface area contributed by atoms with Crippen LogP contribution in [-0.4, -0.2) is 5.11 Å². The molecule has 0 fully saturated rings. The molecule has 3 aromatic rings. The molecule has 0 heterocycles. The molecule has 2 heteroatoms. The normalized spacial score (nSPS) is 12.5. The minimum absolute atomic E-state index is 0.484. The molecule has 0 bridgehead atoms. The molecular weight excluding hydrogens is 324 g/mol. The van der Waals surface area contributed by atoms with E-state index in [1.54, 1.807) is 0 Å². The Morgan fingerprint density at radius 3 is 2.48 bits per heavy atom. The van der Waals surface area contributed by atoms with E-state index in [0.717, 1.165) is 21.2 Å². The highest BCUT2D eigenvalue weighted by atomic mass is 79.9. The van der Waals surface area contributed by atoms with E-state index in [2.05, 4.69) is 46.3 Å². The second kappa shape index (κ2) is 6.00. The van der Waals surface area contributed by atoms with Crippen molar-refractivity contribution in [2.45, 2.75) is 19.4 Å². The lowest BCUT2D eigenvalue weighted by Crippen LogP contribution is -2.02. The third-order valence-corrected chi connectivity index (χ3v) is 4.15. The summed E-state index contributed by atoms with van der Waals surface area (Å²) < 4.78 is 1.01. The average molecular weight is 341 g/mol. The summed E-state index contributed by atoms with van der Waals surface area (Å²) in [6.45, 7) is 2.04. The largest absolute Gasteiger partial charge is 0.388 e. The van der Waals surface area contributed by atoms with E-state index in [-0.39, 0.29) is 0 Å². The molecule has 0 radical (unpaired) electrons. The number of aryl methyl sites for hydroxylation is 1. The van der Waals surface area contributed by atoms with Crippen molar-refractivity contribution in [2.24, 2.45) is 0 Å². The number of hydrogen-bond acceptors (Lipinski definition) is 1. The molecule has 0 aliphatic carbocycles. The Hall–Kier alpha value is -1.64. The number of rotatable bonds is 3. The highest BCUT2D eigenvalue weighted by molar-refractivity contribution is 9.10. The molecule has 0 spiro atoms. The average Bonchev–Trinajstić information content (AvgIpc) is 2.46. The van der Waals surface area contributed by atoms with Crippen molar-refractivity contribution >= 4 is 26.7 Å². The van der Waals surface area contributed by atoms with Gasteiger partial charge in [-0.3, -0.25) is 0 Å². The summed E-state index contributed by atoms with van der Waals surface area (Å²) in [5.41, 5.74) is 3.26. The molecule has 0 saturated heterocycles. The summed E-state index contributed by atoms with van der Waals surface area (Å²) in [6, 6.07) is 20.7. The fraction of sp³-hybridized carbons (Fsp3) is 0.158. The van der Waals surface area contributed by atoms with Crippen LogP contribution in [0.25, 0.3) is 10.8 Å². The molecule has 106 valence electrons. The molecule has 0 aliphatic heterocycles. The van der Waals surface area contributed by atoms with Crippen molar-refractivity contribution in [2.75, 3.05) is 0 Å². The summed E-state index contributed by atoms with van der Waals surface area (Å²) in [4.78, 5) is 0. The number of fused-ring (bicyclic) bond motifs is 1. The monoisotopic (exact) mass is 340 g/mol. The van der Waals surface area contributed by atoms with Crippen LogP contribution in [0.4, 0.5) is 0 Å².